The molecule has 0 fully saturated rings. The van der Waals surface area contributed by atoms with E-state index in [1.54, 1.807) is 6.07 Å². The summed E-state index contributed by atoms with van der Waals surface area (Å²) in [7, 11) is 7.76. The molecule has 4 aromatic rings. The fourth-order valence-electron chi connectivity index (χ4n) is 2.28. The lowest BCUT2D eigenvalue weighted by Gasteiger charge is -2.08. The minimum absolute atomic E-state index is 0.00616. The fourth-order valence-corrected chi connectivity index (χ4v) is 3.77. The van der Waals surface area contributed by atoms with Crippen LogP contribution in [0, 0.1) is 0 Å². The Bertz CT molecular complexity index is 928. The molecule has 0 heterocycles. The Morgan fingerprint density at radius 3 is 1.69 bits per heavy atom. The maximum Gasteiger partial charge on any atom is 0.119 e. The summed E-state index contributed by atoms with van der Waals surface area (Å²) in [6.07, 6.45) is 0. The monoisotopic (exact) mass is 416 g/mol. The lowest BCUT2D eigenvalue weighted by atomic mass is 9.97. The van der Waals surface area contributed by atoms with Crippen molar-refractivity contribution in [3.05, 3.63) is 109 Å². The average molecular weight is 416 g/mol. The van der Waals surface area contributed by atoms with Gasteiger partial charge in [-0.05, 0) is 23.5 Å². The summed E-state index contributed by atoms with van der Waals surface area (Å²) in [6, 6.07) is 33.9. The minimum Gasteiger partial charge on any atom is -0.870 e. The number of hydrogen-bond acceptors (Lipinski definition) is 2. The second kappa shape index (κ2) is 12.8. The summed E-state index contributed by atoms with van der Waals surface area (Å²) < 4.78 is 0. The van der Waals surface area contributed by atoms with Crippen molar-refractivity contribution < 1.29 is 10.2 Å². The van der Waals surface area contributed by atoms with Gasteiger partial charge in [-0.15, -0.1) is 9.24 Å². The van der Waals surface area contributed by atoms with Gasteiger partial charge in [0.25, 0.3) is 0 Å². The molecule has 2 atom stereocenters. The van der Waals surface area contributed by atoms with Crippen molar-refractivity contribution in [2.45, 2.75) is 0 Å². The van der Waals surface area contributed by atoms with Gasteiger partial charge in [-0.25, -0.2) is 0 Å². The summed E-state index contributed by atoms with van der Waals surface area (Å²) >= 11 is 0. The van der Waals surface area contributed by atoms with E-state index in [-0.39, 0.29) is 20.1 Å². The highest BCUT2D eigenvalue weighted by atomic mass is 31.1. The van der Waals surface area contributed by atoms with Crippen LogP contribution in [0.4, 0.5) is 0 Å². The molecule has 0 aliphatic rings. The molecule has 0 amide bonds. The highest BCUT2D eigenvalue weighted by Crippen LogP contribution is 2.20. The van der Waals surface area contributed by atoms with E-state index in [1.165, 1.54) is 17.4 Å². The van der Waals surface area contributed by atoms with E-state index in [4.69, 9.17) is 7.85 Å². The SMILES string of the molecule is Pc1ccccc1.[B]c1ccccc1.[O-]c1ccc(O)cc1[PH2+]c1ccccc1. The Morgan fingerprint density at radius 1 is 0.724 bits per heavy atom. The average Bonchev–Trinajstić information content (AvgIpc) is 2.74. The molecule has 0 aromatic heterocycles. The van der Waals surface area contributed by atoms with Gasteiger partial charge in [-0.3, -0.25) is 0 Å². The van der Waals surface area contributed by atoms with Crippen molar-refractivity contribution in [1.29, 1.82) is 0 Å². The van der Waals surface area contributed by atoms with Crippen LogP contribution >= 0.6 is 17.8 Å². The Hall–Kier alpha value is -2.60. The first-order valence-corrected chi connectivity index (χ1v) is 10.8. The fraction of sp³-hybridized carbons (Fsp3) is 0. The van der Waals surface area contributed by atoms with Crippen LogP contribution in [-0.4, -0.2) is 13.0 Å². The van der Waals surface area contributed by atoms with Gasteiger partial charge in [0, 0.05) is 6.07 Å². The second-order valence-corrected chi connectivity index (χ2v) is 8.34. The molecular formula is C24H23BO2P2. The van der Waals surface area contributed by atoms with Crippen molar-refractivity contribution >= 4 is 47.0 Å². The van der Waals surface area contributed by atoms with E-state index in [0.717, 1.165) is 10.8 Å². The zero-order valence-corrected chi connectivity index (χ0v) is 18.3. The molecule has 1 N–H and O–H groups in total. The van der Waals surface area contributed by atoms with E-state index >= 15 is 0 Å². The summed E-state index contributed by atoms with van der Waals surface area (Å²) in [5.41, 5.74) is 0.822. The highest BCUT2D eigenvalue weighted by molar-refractivity contribution is 7.55. The molecule has 2 radical (unpaired) electrons. The Kier molecular flexibility index (Phi) is 10.0. The van der Waals surface area contributed by atoms with Gasteiger partial charge in [0.15, 0.2) is 0 Å². The Labute approximate surface area is 178 Å². The van der Waals surface area contributed by atoms with Gasteiger partial charge in [0.1, 0.15) is 13.6 Å². The lowest BCUT2D eigenvalue weighted by Crippen LogP contribution is -2.09. The van der Waals surface area contributed by atoms with Crippen molar-refractivity contribution in [2.75, 3.05) is 0 Å². The molecular weight excluding hydrogens is 393 g/mol. The van der Waals surface area contributed by atoms with Gasteiger partial charge in [0.05, 0.1) is 19.2 Å². The third-order valence-electron chi connectivity index (χ3n) is 3.71. The number of hydrogen-bond donors (Lipinski definition) is 1. The first-order valence-electron chi connectivity index (χ1n) is 9.05. The number of rotatable bonds is 2. The van der Waals surface area contributed by atoms with Crippen LogP contribution in [0.15, 0.2) is 109 Å². The Morgan fingerprint density at radius 2 is 1.24 bits per heavy atom. The van der Waals surface area contributed by atoms with Gasteiger partial charge in [-0.2, -0.15) is 0 Å². The molecule has 29 heavy (non-hydrogen) atoms. The van der Waals surface area contributed by atoms with Crippen LogP contribution in [0.25, 0.3) is 0 Å². The van der Waals surface area contributed by atoms with E-state index < -0.39 is 0 Å². The molecule has 0 bridgehead atoms. The van der Waals surface area contributed by atoms with E-state index in [1.807, 2.05) is 91.0 Å². The topological polar surface area (TPSA) is 43.3 Å². The van der Waals surface area contributed by atoms with Crippen molar-refractivity contribution in [1.82, 2.24) is 0 Å². The van der Waals surface area contributed by atoms with Gasteiger partial charge >= 0.3 is 0 Å². The van der Waals surface area contributed by atoms with Gasteiger partial charge < -0.3 is 10.2 Å². The largest absolute Gasteiger partial charge is 0.870 e. The molecule has 5 heteroatoms. The maximum absolute atomic E-state index is 11.5. The summed E-state index contributed by atoms with van der Waals surface area (Å²) in [6.45, 7) is 0. The van der Waals surface area contributed by atoms with E-state index in [9.17, 15) is 10.2 Å². The van der Waals surface area contributed by atoms with Crippen LogP contribution in [0.1, 0.15) is 0 Å². The molecule has 2 nitrogen and oxygen atoms in total. The maximum atomic E-state index is 11.5. The van der Waals surface area contributed by atoms with Crippen LogP contribution in [0.2, 0.25) is 0 Å². The van der Waals surface area contributed by atoms with E-state index in [2.05, 4.69) is 9.24 Å². The first kappa shape index (κ1) is 22.7. The molecule has 0 aliphatic carbocycles. The summed E-state index contributed by atoms with van der Waals surface area (Å²) in [5.74, 6) is 0.166. The highest BCUT2D eigenvalue weighted by Gasteiger charge is 2.05. The molecule has 0 spiro atoms. The number of phenols is 1. The van der Waals surface area contributed by atoms with Gasteiger partial charge in [0.2, 0.25) is 0 Å². The third-order valence-corrected chi connectivity index (χ3v) is 5.58. The molecule has 4 aromatic carbocycles. The predicted molar refractivity (Wildman–Crippen MR) is 131 cm³/mol. The quantitative estimate of drug-likeness (QED) is 0.403. The molecule has 4 rings (SSSR count). The molecule has 0 aliphatic heterocycles. The molecule has 144 valence electrons. The van der Waals surface area contributed by atoms with E-state index in [0.29, 0.717) is 5.30 Å². The molecule has 0 saturated carbocycles. The second-order valence-electron chi connectivity index (χ2n) is 6.10. The number of benzene rings is 4. The number of aromatic hydroxyl groups is 1. The normalized spacial score (nSPS) is 9.83. The summed E-state index contributed by atoms with van der Waals surface area (Å²) in [4.78, 5) is 0. The van der Waals surface area contributed by atoms with Crippen LogP contribution in [0.3, 0.4) is 0 Å². The molecule has 0 saturated heterocycles. The van der Waals surface area contributed by atoms with Crippen LogP contribution < -0.4 is 26.5 Å². The van der Waals surface area contributed by atoms with Crippen molar-refractivity contribution in [2.24, 2.45) is 0 Å². The zero-order chi connectivity index (χ0) is 20.9. The first-order chi connectivity index (χ1) is 14.0. The predicted octanol–water partition coefficient (Wildman–Crippen LogP) is 2.49. The van der Waals surface area contributed by atoms with Crippen LogP contribution in [0.5, 0.6) is 11.5 Å². The smallest absolute Gasteiger partial charge is 0.119 e. The Balaban J connectivity index is 0.000000178. The lowest BCUT2D eigenvalue weighted by molar-refractivity contribution is -0.266. The standard InChI is InChI=1S/C12H11O2P.C6H5B.C6H7P/c13-9-6-7-11(14)12(8-9)15-10-4-2-1-3-5-10;2*7-6-4-2-1-3-5-6/h1-8,13-15H;1-5H;1-5H,7H2. The van der Waals surface area contributed by atoms with Crippen LogP contribution in [-0.2, 0) is 0 Å². The minimum atomic E-state index is -0.229. The van der Waals surface area contributed by atoms with Crippen molar-refractivity contribution in [3.8, 4) is 11.5 Å². The third kappa shape index (κ3) is 9.44. The zero-order valence-electron chi connectivity index (χ0n) is 16.0. The van der Waals surface area contributed by atoms with Gasteiger partial charge in [-0.1, -0.05) is 96.1 Å². The van der Waals surface area contributed by atoms with Crippen molar-refractivity contribution in [3.63, 3.8) is 0 Å². The summed E-state index contributed by atoms with van der Waals surface area (Å²) in [5, 5.41) is 23.9. The molecule has 2 unspecified atom stereocenters. The number of phenolic OH excluding ortho intramolecular Hbond substituents is 1.